The summed E-state index contributed by atoms with van der Waals surface area (Å²) in [5.41, 5.74) is 0. The smallest absolute Gasteiger partial charge is 0.326 e. The van der Waals surface area contributed by atoms with Crippen molar-refractivity contribution in [3.05, 3.63) is 0 Å². The average Bonchev–Trinajstić information content (AvgIpc) is 2.86. The maximum atomic E-state index is 12.7. The van der Waals surface area contributed by atoms with Crippen molar-refractivity contribution in [2.45, 2.75) is 59.4 Å². The molecule has 0 aromatic rings. The van der Waals surface area contributed by atoms with Crippen LogP contribution in [-0.4, -0.2) is 52.6 Å². The fourth-order valence-electron chi connectivity index (χ4n) is 2.57. The van der Waals surface area contributed by atoms with Gasteiger partial charge in [0.15, 0.2) is 0 Å². The van der Waals surface area contributed by atoms with Crippen molar-refractivity contribution in [2.24, 2.45) is 11.8 Å². The lowest BCUT2D eigenvalue weighted by molar-refractivity contribution is -0.141. The number of hydrogen-bond donors (Lipinski definition) is 1. The minimum atomic E-state index is -0.881. The Hall–Kier alpha value is -1.26. The Morgan fingerprint density at radius 3 is 2.10 bits per heavy atom. The molecule has 0 radical (unpaired) electrons. The van der Waals surface area contributed by atoms with E-state index in [-0.39, 0.29) is 6.03 Å². The first-order valence-electron chi connectivity index (χ1n) is 8.11. The molecule has 1 atom stereocenters. The Morgan fingerprint density at radius 1 is 1.14 bits per heavy atom. The third-order valence-corrected chi connectivity index (χ3v) is 4.01. The van der Waals surface area contributed by atoms with Gasteiger partial charge in [0.25, 0.3) is 0 Å². The fourth-order valence-corrected chi connectivity index (χ4v) is 2.57. The second-order valence-electron chi connectivity index (χ2n) is 6.82. The highest BCUT2D eigenvalue weighted by Crippen LogP contribution is 2.20. The van der Waals surface area contributed by atoms with Crippen LogP contribution in [0.2, 0.25) is 0 Å². The molecule has 1 saturated heterocycles. The molecular weight excluding hydrogens is 268 g/mol. The molecule has 0 unspecified atom stereocenters. The zero-order valence-corrected chi connectivity index (χ0v) is 13.8. The van der Waals surface area contributed by atoms with Gasteiger partial charge in [0, 0.05) is 19.6 Å². The van der Waals surface area contributed by atoms with Crippen molar-refractivity contribution in [3.63, 3.8) is 0 Å². The molecule has 1 heterocycles. The summed E-state index contributed by atoms with van der Waals surface area (Å²) < 4.78 is 0. The standard InChI is InChI=1S/C16H30N2O3/c1-12(2)7-10-17(11-8-13(3)4)16(21)18-9-5-6-14(18)15(19)20/h12-14H,5-11H2,1-4H3,(H,19,20)/t14-/m0/s1. The number of amides is 2. The van der Waals surface area contributed by atoms with Crippen LogP contribution in [0, 0.1) is 11.8 Å². The van der Waals surface area contributed by atoms with Crippen LogP contribution in [0.1, 0.15) is 53.4 Å². The van der Waals surface area contributed by atoms with Gasteiger partial charge in [-0.05, 0) is 37.5 Å². The molecule has 0 spiro atoms. The van der Waals surface area contributed by atoms with Crippen LogP contribution in [0.5, 0.6) is 0 Å². The van der Waals surface area contributed by atoms with Crippen LogP contribution < -0.4 is 0 Å². The van der Waals surface area contributed by atoms with Crippen LogP contribution in [0.4, 0.5) is 4.79 Å². The lowest BCUT2D eigenvalue weighted by atomic mass is 10.1. The minimum absolute atomic E-state index is 0.0961. The molecule has 0 aromatic carbocycles. The van der Waals surface area contributed by atoms with E-state index < -0.39 is 12.0 Å². The van der Waals surface area contributed by atoms with Crippen molar-refractivity contribution in [1.82, 2.24) is 9.80 Å². The van der Waals surface area contributed by atoms with Crippen molar-refractivity contribution >= 4 is 12.0 Å². The molecule has 1 N–H and O–H groups in total. The summed E-state index contributed by atoms with van der Waals surface area (Å²) in [7, 11) is 0. The highest BCUT2D eigenvalue weighted by Gasteiger charge is 2.36. The molecule has 0 aromatic heterocycles. The molecule has 0 bridgehead atoms. The third-order valence-electron chi connectivity index (χ3n) is 4.01. The number of hydrogen-bond acceptors (Lipinski definition) is 2. The van der Waals surface area contributed by atoms with E-state index in [1.54, 1.807) is 4.90 Å². The zero-order chi connectivity index (χ0) is 16.0. The number of carboxylic acids is 1. The van der Waals surface area contributed by atoms with Gasteiger partial charge in [-0.2, -0.15) is 0 Å². The zero-order valence-electron chi connectivity index (χ0n) is 13.8. The SMILES string of the molecule is CC(C)CCN(CCC(C)C)C(=O)N1CCC[C@H]1C(=O)O. The molecule has 1 aliphatic heterocycles. The van der Waals surface area contributed by atoms with Crippen LogP contribution in [-0.2, 0) is 4.79 Å². The number of rotatable bonds is 7. The van der Waals surface area contributed by atoms with Gasteiger partial charge in [-0.3, -0.25) is 0 Å². The maximum Gasteiger partial charge on any atom is 0.326 e. The van der Waals surface area contributed by atoms with Crippen molar-refractivity contribution < 1.29 is 14.7 Å². The van der Waals surface area contributed by atoms with Gasteiger partial charge in [0.2, 0.25) is 0 Å². The Morgan fingerprint density at radius 2 is 1.67 bits per heavy atom. The Bertz CT molecular complexity index is 343. The summed E-state index contributed by atoms with van der Waals surface area (Å²) in [6.07, 6.45) is 3.26. The number of likely N-dealkylation sites (tertiary alicyclic amines) is 1. The van der Waals surface area contributed by atoms with Crippen LogP contribution in [0.3, 0.4) is 0 Å². The fraction of sp³-hybridized carbons (Fsp3) is 0.875. The average molecular weight is 298 g/mol. The van der Waals surface area contributed by atoms with Gasteiger partial charge in [0.05, 0.1) is 0 Å². The van der Waals surface area contributed by atoms with Crippen molar-refractivity contribution in [3.8, 4) is 0 Å². The molecule has 0 saturated carbocycles. The van der Waals surface area contributed by atoms with E-state index in [9.17, 15) is 14.7 Å². The van der Waals surface area contributed by atoms with E-state index in [2.05, 4.69) is 27.7 Å². The molecule has 1 rings (SSSR count). The molecule has 5 heteroatoms. The summed E-state index contributed by atoms with van der Waals surface area (Å²) in [6, 6.07) is -0.737. The Kier molecular flexibility index (Phi) is 6.99. The first-order valence-corrected chi connectivity index (χ1v) is 8.11. The molecule has 5 nitrogen and oxygen atoms in total. The monoisotopic (exact) mass is 298 g/mol. The molecule has 0 aliphatic carbocycles. The van der Waals surface area contributed by atoms with Gasteiger partial charge in [0.1, 0.15) is 6.04 Å². The number of carbonyl (C=O) groups is 2. The van der Waals surface area contributed by atoms with E-state index in [1.807, 2.05) is 4.90 Å². The quantitative estimate of drug-likeness (QED) is 0.786. The second kappa shape index (κ2) is 8.25. The lowest BCUT2D eigenvalue weighted by Crippen LogP contribution is -2.48. The van der Waals surface area contributed by atoms with Gasteiger partial charge in [-0.25, -0.2) is 9.59 Å². The van der Waals surface area contributed by atoms with Crippen LogP contribution >= 0.6 is 0 Å². The Labute approximate surface area is 128 Å². The highest BCUT2D eigenvalue weighted by atomic mass is 16.4. The molecule has 122 valence electrons. The molecule has 21 heavy (non-hydrogen) atoms. The predicted octanol–water partition coefficient (Wildman–Crippen LogP) is 3.05. The number of urea groups is 1. The highest BCUT2D eigenvalue weighted by molar-refractivity contribution is 5.83. The summed E-state index contributed by atoms with van der Waals surface area (Å²) >= 11 is 0. The summed E-state index contributed by atoms with van der Waals surface area (Å²) in [5, 5.41) is 9.24. The number of carboxylic acid groups (broad SMARTS) is 1. The van der Waals surface area contributed by atoms with Gasteiger partial charge in [-0.1, -0.05) is 27.7 Å². The largest absolute Gasteiger partial charge is 0.480 e. The normalized spacial score (nSPS) is 18.6. The lowest BCUT2D eigenvalue weighted by Gasteiger charge is -2.31. The Balaban J connectivity index is 2.70. The van der Waals surface area contributed by atoms with E-state index >= 15 is 0 Å². The first kappa shape index (κ1) is 17.8. The molecule has 1 fully saturated rings. The predicted molar refractivity (Wildman–Crippen MR) is 83.2 cm³/mol. The topological polar surface area (TPSA) is 60.9 Å². The van der Waals surface area contributed by atoms with E-state index in [0.717, 1.165) is 19.3 Å². The van der Waals surface area contributed by atoms with Crippen LogP contribution in [0.15, 0.2) is 0 Å². The number of nitrogens with zero attached hydrogens (tertiary/aromatic N) is 2. The summed E-state index contributed by atoms with van der Waals surface area (Å²) in [4.78, 5) is 27.3. The third kappa shape index (κ3) is 5.56. The molecule has 1 aliphatic rings. The number of aliphatic carboxylic acids is 1. The van der Waals surface area contributed by atoms with Gasteiger partial charge >= 0.3 is 12.0 Å². The second-order valence-corrected chi connectivity index (χ2v) is 6.82. The van der Waals surface area contributed by atoms with Crippen molar-refractivity contribution in [2.75, 3.05) is 19.6 Å². The first-order chi connectivity index (χ1) is 9.82. The van der Waals surface area contributed by atoms with Gasteiger partial charge in [-0.15, -0.1) is 0 Å². The minimum Gasteiger partial charge on any atom is -0.480 e. The molecular formula is C16H30N2O3. The number of carbonyl (C=O) groups excluding carboxylic acids is 1. The van der Waals surface area contributed by atoms with E-state index in [0.29, 0.717) is 37.9 Å². The van der Waals surface area contributed by atoms with Crippen molar-refractivity contribution in [1.29, 1.82) is 0 Å². The van der Waals surface area contributed by atoms with E-state index in [1.165, 1.54) is 0 Å². The van der Waals surface area contributed by atoms with Crippen LogP contribution in [0.25, 0.3) is 0 Å². The maximum absolute atomic E-state index is 12.7. The molecule has 2 amide bonds. The van der Waals surface area contributed by atoms with E-state index in [4.69, 9.17) is 0 Å². The summed E-state index contributed by atoms with van der Waals surface area (Å²) in [6.45, 7) is 10.6. The summed E-state index contributed by atoms with van der Waals surface area (Å²) in [5.74, 6) is 0.190. The van der Waals surface area contributed by atoms with Gasteiger partial charge < -0.3 is 14.9 Å².